The molecule has 1 aliphatic rings. The van der Waals surface area contributed by atoms with Crippen LogP contribution in [0, 0.1) is 0 Å². The van der Waals surface area contributed by atoms with Crippen molar-refractivity contribution in [3.8, 4) is 0 Å². The summed E-state index contributed by atoms with van der Waals surface area (Å²) < 4.78 is 0. The lowest BCUT2D eigenvalue weighted by Crippen LogP contribution is -2.05. The number of aliphatic hydroxyl groups excluding tert-OH is 1. The van der Waals surface area contributed by atoms with Crippen molar-refractivity contribution in [1.82, 2.24) is 0 Å². The fourth-order valence-electron chi connectivity index (χ4n) is 2.67. The van der Waals surface area contributed by atoms with Crippen LogP contribution < -0.4 is 0 Å². The average Bonchev–Trinajstić information content (AvgIpc) is 2.81. The molecule has 2 rings (SSSR count). The third-order valence-electron chi connectivity index (χ3n) is 3.60. The van der Waals surface area contributed by atoms with Gasteiger partial charge in [0.05, 0.1) is 0 Å². The second-order valence-corrected chi connectivity index (χ2v) is 4.69. The van der Waals surface area contributed by atoms with E-state index >= 15 is 0 Å². The summed E-state index contributed by atoms with van der Waals surface area (Å²) in [5.41, 5.74) is 2.84. The quantitative estimate of drug-likeness (QED) is 0.799. The molecule has 1 aromatic carbocycles. The molecule has 1 saturated carbocycles. The Balaban J connectivity index is 2.28. The van der Waals surface area contributed by atoms with Crippen molar-refractivity contribution in [2.24, 2.45) is 0 Å². The van der Waals surface area contributed by atoms with Crippen LogP contribution >= 0.6 is 0 Å². The Morgan fingerprint density at radius 1 is 1.27 bits per heavy atom. The first kappa shape index (κ1) is 10.7. The molecule has 15 heavy (non-hydrogen) atoms. The Labute approximate surface area is 92.1 Å². The molecule has 1 fully saturated rings. The van der Waals surface area contributed by atoms with Crippen molar-refractivity contribution in [1.29, 1.82) is 0 Å². The molecular weight excluding hydrogens is 184 g/mol. The van der Waals surface area contributed by atoms with Gasteiger partial charge in [-0.15, -0.1) is 0 Å². The first-order valence-corrected chi connectivity index (χ1v) is 6.02. The summed E-state index contributed by atoms with van der Waals surface area (Å²) in [5.74, 6) is 1.02. The van der Waals surface area contributed by atoms with Crippen LogP contribution in [0.3, 0.4) is 0 Å². The largest absolute Gasteiger partial charge is 0.396 e. The third kappa shape index (κ3) is 2.23. The molecule has 1 aliphatic carbocycles. The molecule has 0 amide bonds. The fourth-order valence-corrected chi connectivity index (χ4v) is 2.67. The van der Waals surface area contributed by atoms with Gasteiger partial charge in [0.15, 0.2) is 0 Å². The standard InChI is InChI=1S/C14H20O/c1-11(10-15)13-8-4-5-9-14(13)12-6-2-3-7-12/h4-5,8-9,11-12,15H,2-3,6-7,10H2,1H3. The molecule has 0 spiro atoms. The first-order valence-electron chi connectivity index (χ1n) is 6.02. The molecule has 1 atom stereocenters. The van der Waals surface area contributed by atoms with Gasteiger partial charge in [-0.05, 0) is 29.9 Å². The molecule has 1 unspecified atom stereocenters. The Morgan fingerprint density at radius 2 is 1.93 bits per heavy atom. The molecule has 0 aliphatic heterocycles. The summed E-state index contributed by atoms with van der Waals surface area (Å²) in [5, 5.41) is 9.26. The van der Waals surface area contributed by atoms with Crippen LogP contribution in [0.5, 0.6) is 0 Å². The molecular formula is C14H20O. The van der Waals surface area contributed by atoms with Crippen molar-refractivity contribution in [3.63, 3.8) is 0 Å². The summed E-state index contributed by atoms with van der Waals surface area (Å²) in [7, 11) is 0. The highest BCUT2D eigenvalue weighted by atomic mass is 16.3. The second-order valence-electron chi connectivity index (χ2n) is 4.69. The molecule has 1 aromatic rings. The molecule has 0 radical (unpaired) electrons. The van der Waals surface area contributed by atoms with Crippen LogP contribution in [0.2, 0.25) is 0 Å². The lowest BCUT2D eigenvalue weighted by atomic mass is 9.87. The number of benzene rings is 1. The highest BCUT2D eigenvalue weighted by Gasteiger charge is 2.21. The smallest absolute Gasteiger partial charge is 0.0497 e. The maximum atomic E-state index is 9.26. The predicted molar refractivity (Wildman–Crippen MR) is 63.2 cm³/mol. The minimum absolute atomic E-state index is 0.254. The van der Waals surface area contributed by atoms with Crippen LogP contribution in [0.25, 0.3) is 0 Å². The molecule has 0 heterocycles. The van der Waals surface area contributed by atoms with Crippen molar-refractivity contribution in [3.05, 3.63) is 35.4 Å². The van der Waals surface area contributed by atoms with E-state index in [2.05, 4.69) is 31.2 Å². The van der Waals surface area contributed by atoms with Gasteiger partial charge in [0.1, 0.15) is 0 Å². The van der Waals surface area contributed by atoms with E-state index in [1.165, 1.54) is 36.8 Å². The third-order valence-corrected chi connectivity index (χ3v) is 3.60. The van der Waals surface area contributed by atoms with E-state index in [0.29, 0.717) is 0 Å². The lowest BCUT2D eigenvalue weighted by molar-refractivity contribution is 0.272. The highest BCUT2D eigenvalue weighted by molar-refractivity contribution is 5.33. The molecule has 82 valence electrons. The van der Waals surface area contributed by atoms with E-state index in [9.17, 15) is 5.11 Å². The fraction of sp³-hybridized carbons (Fsp3) is 0.571. The van der Waals surface area contributed by atoms with E-state index < -0.39 is 0 Å². The summed E-state index contributed by atoms with van der Waals surface area (Å²) >= 11 is 0. The van der Waals surface area contributed by atoms with Gasteiger partial charge in [0.25, 0.3) is 0 Å². The van der Waals surface area contributed by atoms with Crippen LogP contribution in [-0.2, 0) is 0 Å². The van der Waals surface area contributed by atoms with E-state index in [1.807, 2.05) is 0 Å². The van der Waals surface area contributed by atoms with Crippen molar-refractivity contribution >= 4 is 0 Å². The summed E-state index contributed by atoms with van der Waals surface area (Å²) in [6.07, 6.45) is 5.39. The SMILES string of the molecule is CC(CO)c1ccccc1C1CCCC1. The lowest BCUT2D eigenvalue weighted by Gasteiger charge is -2.18. The number of aliphatic hydroxyl groups is 1. The van der Waals surface area contributed by atoms with Crippen LogP contribution in [0.1, 0.15) is 55.6 Å². The Hall–Kier alpha value is -0.820. The normalized spacial score (nSPS) is 19.3. The summed E-state index contributed by atoms with van der Waals surface area (Å²) in [4.78, 5) is 0. The Morgan fingerprint density at radius 3 is 2.60 bits per heavy atom. The maximum Gasteiger partial charge on any atom is 0.0497 e. The van der Waals surface area contributed by atoms with Gasteiger partial charge in [-0.1, -0.05) is 44.0 Å². The van der Waals surface area contributed by atoms with Crippen LogP contribution in [0.15, 0.2) is 24.3 Å². The minimum atomic E-state index is 0.254. The Kier molecular flexibility index (Phi) is 3.42. The number of rotatable bonds is 3. The predicted octanol–water partition coefficient (Wildman–Crippen LogP) is 3.44. The minimum Gasteiger partial charge on any atom is -0.396 e. The zero-order chi connectivity index (χ0) is 10.7. The summed E-state index contributed by atoms with van der Waals surface area (Å²) in [6.45, 7) is 2.36. The van der Waals surface area contributed by atoms with Gasteiger partial charge in [-0.3, -0.25) is 0 Å². The summed E-state index contributed by atoms with van der Waals surface area (Å²) in [6, 6.07) is 8.63. The van der Waals surface area contributed by atoms with Gasteiger partial charge < -0.3 is 5.11 Å². The maximum absolute atomic E-state index is 9.26. The van der Waals surface area contributed by atoms with Crippen molar-refractivity contribution in [2.45, 2.75) is 44.4 Å². The topological polar surface area (TPSA) is 20.2 Å². The number of hydrogen-bond donors (Lipinski definition) is 1. The van der Waals surface area contributed by atoms with Gasteiger partial charge in [-0.25, -0.2) is 0 Å². The van der Waals surface area contributed by atoms with E-state index in [0.717, 1.165) is 5.92 Å². The van der Waals surface area contributed by atoms with Gasteiger partial charge in [-0.2, -0.15) is 0 Å². The number of hydrogen-bond acceptors (Lipinski definition) is 1. The van der Waals surface area contributed by atoms with E-state index in [-0.39, 0.29) is 12.5 Å². The highest BCUT2D eigenvalue weighted by Crippen LogP contribution is 2.37. The van der Waals surface area contributed by atoms with Crippen LogP contribution in [0.4, 0.5) is 0 Å². The average molecular weight is 204 g/mol. The Bertz CT molecular complexity index is 313. The van der Waals surface area contributed by atoms with Gasteiger partial charge >= 0.3 is 0 Å². The molecule has 0 bridgehead atoms. The van der Waals surface area contributed by atoms with Crippen molar-refractivity contribution in [2.75, 3.05) is 6.61 Å². The molecule has 1 nitrogen and oxygen atoms in total. The van der Waals surface area contributed by atoms with Crippen molar-refractivity contribution < 1.29 is 5.11 Å². The molecule has 1 heteroatoms. The van der Waals surface area contributed by atoms with E-state index in [4.69, 9.17) is 0 Å². The van der Waals surface area contributed by atoms with Crippen LogP contribution in [-0.4, -0.2) is 11.7 Å². The monoisotopic (exact) mass is 204 g/mol. The first-order chi connectivity index (χ1) is 7.33. The van der Waals surface area contributed by atoms with E-state index in [1.54, 1.807) is 0 Å². The zero-order valence-corrected chi connectivity index (χ0v) is 9.45. The zero-order valence-electron chi connectivity index (χ0n) is 9.45. The molecule has 1 N–H and O–H groups in total. The van der Waals surface area contributed by atoms with Gasteiger partial charge in [0, 0.05) is 12.5 Å². The second kappa shape index (κ2) is 4.80. The molecule has 0 aromatic heterocycles. The van der Waals surface area contributed by atoms with Gasteiger partial charge in [0.2, 0.25) is 0 Å². The molecule has 0 saturated heterocycles.